The van der Waals surface area contributed by atoms with Gasteiger partial charge in [0, 0.05) is 20.1 Å². The summed E-state index contributed by atoms with van der Waals surface area (Å²) in [5, 5.41) is 14.3. The van der Waals surface area contributed by atoms with Crippen LogP contribution in [0, 0.1) is 0 Å². The van der Waals surface area contributed by atoms with Gasteiger partial charge in [-0.05, 0) is 38.7 Å². The van der Waals surface area contributed by atoms with Crippen LogP contribution >= 0.6 is 0 Å². The molecular formula is C29H27N3O5. The topological polar surface area (TPSA) is 102 Å². The standard InChI is InChI=1S/C29H27N3O5/c1-30-32(18-25(33)34)29(36)27-26(37-27)28(35)31(16-19-13-14-20-7-2-3-9-22(20)15-19)17-23-11-6-10-21-8-4-5-12-24(21)23/h2-15,26-27,30H,16-18H2,1H3,(H,33,34). The van der Waals surface area contributed by atoms with E-state index in [0.717, 1.165) is 37.7 Å². The highest BCUT2D eigenvalue weighted by Crippen LogP contribution is 2.29. The third-order valence-electron chi connectivity index (χ3n) is 6.55. The maximum absolute atomic E-state index is 13.7. The summed E-state index contributed by atoms with van der Waals surface area (Å²) in [6.07, 6.45) is -1.99. The smallest absolute Gasteiger partial charge is 0.324 e. The van der Waals surface area contributed by atoms with Gasteiger partial charge in [-0.25, -0.2) is 5.43 Å². The summed E-state index contributed by atoms with van der Waals surface area (Å²) in [5.74, 6) is -2.06. The first-order valence-electron chi connectivity index (χ1n) is 12.0. The van der Waals surface area contributed by atoms with E-state index in [1.165, 1.54) is 7.05 Å². The molecule has 1 aliphatic heterocycles. The number of hydrogen-bond acceptors (Lipinski definition) is 5. The van der Waals surface area contributed by atoms with E-state index >= 15 is 0 Å². The first kappa shape index (κ1) is 24.4. The van der Waals surface area contributed by atoms with Gasteiger partial charge in [0.05, 0.1) is 0 Å². The average Bonchev–Trinajstić information content (AvgIpc) is 3.71. The minimum Gasteiger partial charge on any atom is -0.480 e. The summed E-state index contributed by atoms with van der Waals surface area (Å²) in [6.45, 7) is 0.129. The molecule has 2 amide bonds. The SMILES string of the molecule is CNN(CC(=O)O)C(=O)C1OC1C(=O)N(Cc1ccc2ccccc2c1)Cc1cccc2ccccc12. The average molecular weight is 498 g/mol. The molecule has 8 nitrogen and oxygen atoms in total. The number of carbonyl (C=O) groups is 3. The quantitative estimate of drug-likeness (QED) is 0.272. The lowest BCUT2D eigenvalue weighted by Gasteiger charge is -2.24. The van der Waals surface area contributed by atoms with Crippen molar-refractivity contribution >= 4 is 39.3 Å². The molecule has 1 saturated heterocycles. The molecule has 0 aromatic heterocycles. The van der Waals surface area contributed by atoms with Gasteiger partial charge in [-0.2, -0.15) is 0 Å². The zero-order valence-corrected chi connectivity index (χ0v) is 20.3. The summed E-state index contributed by atoms with van der Waals surface area (Å²) in [7, 11) is 1.45. The van der Waals surface area contributed by atoms with Gasteiger partial charge < -0.3 is 14.7 Å². The van der Waals surface area contributed by atoms with Crippen molar-refractivity contribution < 1.29 is 24.2 Å². The van der Waals surface area contributed by atoms with Crippen LogP contribution in [0.25, 0.3) is 21.5 Å². The molecular weight excluding hydrogens is 470 g/mol. The molecule has 8 heteroatoms. The number of benzene rings is 4. The van der Waals surface area contributed by atoms with Crippen molar-refractivity contribution in [1.82, 2.24) is 15.3 Å². The fourth-order valence-corrected chi connectivity index (χ4v) is 4.63. The van der Waals surface area contributed by atoms with Crippen LogP contribution in [0.4, 0.5) is 0 Å². The maximum atomic E-state index is 13.7. The van der Waals surface area contributed by atoms with Crippen molar-refractivity contribution in [2.24, 2.45) is 0 Å². The predicted octanol–water partition coefficient (Wildman–Crippen LogP) is 3.34. The number of ether oxygens (including phenoxy) is 1. The Labute approximate surface area is 214 Å². The fraction of sp³-hybridized carbons (Fsp3) is 0.207. The van der Waals surface area contributed by atoms with E-state index in [2.05, 4.69) is 11.5 Å². The number of carboxylic acids is 1. The van der Waals surface area contributed by atoms with E-state index in [0.29, 0.717) is 13.1 Å². The molecule has 0 bridgehead atoms. The molecule has 1 fully saturated rings. The number of hydrazine groups is 1. The van der Waals surface area contributed by atoms with Gasteiger partial charge in [0.15, 0.2) is 12.2 Å². The number of rotatable bonds is 9. The third-order valence-corrected chi connectivity index (χ3v) is 6.55. The number of carbonyl (C=O) groups excluding carboxylic acids is 2. The number of nitrogens with one attached hydrogen (secondary N) is 1. The van der Waals surface area contributed by atoms with Crippen LogP contribution in [0.5, 0.6) is 0 Å². The highest BCUT2D eigenvalue weighted by molar-refractivity contribution is 5.96. The third kappa shape index (κ3) is 5.30. The molecule has 5 rings (SSSR count). The van der Waals surface area contributed by atoms with Gasteiger partial charge in [-0.3, -0.25) is 19.4 Å². The summed E-state index contributed by atoms with van der Waals surface area (Å²) >= 11 is 0. The normalized spacial score (nSPS) is 16.5. The first-order valence-corrected chi connectivity index (χ1v) is 12.0. The number of carboxylic acid groups (broad SMARTS) is 1. The summed E-state index contributed by atoms with van der Waals surface area (Å²) in [6, 6.07) is 28.1. The first-order chi connectivity index (χ1) is 17.9. The van der Waals surface area contributed by atoms with Crippen molar-refractivity contribution in [3.63, 3.8) is 0 Å². The van der Waals surface area contributed by atoms with Crippen LogP contribution in [-0.2, 0) is 32.2 Å². The van der Waals surface area contributed by atoms with Gasteiger partial charge in [0.25, 0.3) is 11.8 Å². The molecule has 1 aliphatic rings. The molecule has 2 N–H and O–H groups in total. The van der Waals surface area contributed by atoms with E-state index in [-0.39, 0.29) is 5.91 Å². The van der Waals surface area contributed by atoms with Crippen LogP contribution in [-0.4, -0.2) is 58.6 Å². The monoisotopic (exact) mass is 497 g/mol. The summed E-state index contributed by atoms with van der Waals surface area (Å²) < 4.78 is 5.50. The van der Waals surface area contributed by atoms with Crippen LogP contribution in [0.3, 0.4) is 0 Å². The number of hydrogen-bond donors (Lipinski definition) is 2. The van der Waals surface area contributed by atoms with E-state index in [1.54, 1.807) is 4.90 Å². The maximum Gasteiger partial charge on any atom is 0.324 e. The van der Waals surface area contributed by atoms with E-state index < -0.39 is 30.6 Å². The van der Waals surface area contributed by atoms with Gasteiger partial charge in [0.2, 0.25) is 0 Å². The zero-order chi connectivity index (χ0) is 25.9. The second kappa shape index (κ2) is 10.4. The summed E-state index contributed by atoms with van der Waals surface area (Å²) in [4.78, 5) is 39.2. The van der Waals surface area contributed by atoms with Crippen LogP contribution in [0.15, 0.2) is 84.9 Å². The molecule has 1 heterocycles. The Morgan fingerprint density at radius 2 is 1.49 bits per heavy atom. The molecule has 37 heavy (non-hydrogen) atoms. The van der Waals surface area contributed by atoms with Crippen molar-refractivity contribution in [3.8, 4) is 0 Å². The van der Waals surface area contributed by atoms with Gasteiger partial charge in [0.1, 0.15) is 6.54 Å². The summed E-state index contributed by atoms with van der Waals surface area (Å²) in [5.41, 5.74) is 4.50. The minimum absolute atomic E-state index is 0.314. The fourth-order valence-electron chi connectivity index (χ4n) is 4.63. The van der Waals surface area contributed by atoms with Crippen LogP contribution in [0.1, 0.15) is 11.1 Å². The number of fused-ring (bicyclic) bond motifs is 2. The largest absolute Gasteiger partial charge is 0.480 e. The highest BCUT2D eigenvalue weighted by Gasteiger charge is 2.53. The van der Waals surface area contributed by atoms with Crippen molar-refractivity contribution in [1.29, 1.82) is 0 Å². The minimum atomic E-state index is -1.17. The molecule has 0 saturated carbocycles. The van der Waals surface area contributed by atoms with E-state index in [4.69, 9.17) is 9.84 Å². The molecule has 4 aromatic carbocycles. The number of amides is 2. The Morgan fingerprint density at radius 1 is 0.811 bits per heavy atom. The Hall–Kier alpha value is -4.27. The molecule has 188 valence electrons. The Balaban J connectivity index is 1.42. The van der Waals surface area contributed by atoms with E-state index in [9.17, 15) is 14.4 Å². The van der Waals surface area contributed by atoms with Crippen molar-refractivity contribution in [3.05, 3.63) is 96.1 Å². The molecule has 0 aliphatic carbocycles. The zero-order valence-electron chi connectivity index (χ0n) is 20.3. The number of aliphatic carboxylic acids is 1. The van der Waals surface area contributed by atoms with E-state index in [1.807, 2.05) is 78.9 Å². The molecule has 4 aromatic rings. The molecule has 2 atom stereocenters. The van der Waals surface area contributed by atoms with Crippen molar-refractivity contribution in [2.75, 3.05) is 13.6 Å². The lowest BCUT2D eigenvalue weighted by molar-refractivity contribution is -0.147. The van der Waals surface area contributed by atoms with Gasteiger partial charge >= 0.3 is 5.97 Å². The molecule has 0 radical (unpaired) electrons. The van der Waals surface area contributed by atoms with Crippen LogP contribution < -0.4 is 5.43 Å². The number of epoxide rings is 1. The molecule has 2 unspecified atom stereocenters. The number of nitrogens with zero attached hydrogens (tertiary/aromatic N) is 2. The molecule has 0 spiro atoms. The van der Waals surface area contributed by atoms with Gasteiger partial charge in [-0.15, -0.1) is 0 Å². The second-order valence-corrected chi connectivity index (χ2v) is 9.03. The predicted molar refractivity (Wildman–Crippen MR) is 139 cm³/mol. The Kier molecular flexibility index (Phi) is 6.85. The Bertz CT molecular complexity index is 1480. The second-order valence-electron chi connectivity index (χ2n) is 9.03. The lowest BCUT2D eigenvalue weighted by Crippen LogP contribution is -2.47. The highest BCUT2D eigenvalue weighted by atomic mass is 16.6. The van der Waals surface area contributed by atoms with Crippen molar-refractivity contribution in [2.45, 2.75) is 25.3 Å². The van der Waals surface area contributed by atoms with Gasteiger partial charge in [-0.1, -0.05) is 78.9 Å². The van der Waals surface area contributed by atoms with Crippen LogP contribution in [0.2, 0.25) is 0 Å². The Morgan fingerprint density at radius 3 is 2.24 bits per heavy atom. The lowest BCUT2D eigenvalue weighted by atomic mass is 10.0.